The maximum atomic E-state index is 12.9. The van der Waals surface area contributed by atoms with E-state index in [0.29, 0.717) is 34.8 Å². The van der Waals surface area contributed by atoms with Gasteiger partial charge in [0.05, 0.1) is 18.6 Å². The van der Waals surface area contributed by atoms with Crippen molar-refractivity contribution < 1.29 is 28.2 Å². The molecular weight excluding hydrogens is 388 g/mol. The van der Waals surface area contributed by atoms with Gasteiger partial charge in [-0.3, -0.25) is 4.79 Å². The molecule has 0 aliphatic rings. The Hall–Kier alpha value is -3.48. The van der Waals surface area contributed by atoms with Crippen LogP contribution in [-0.2, 0) is 9.53 Å². The number of carbonyl (C=O) groups is 1. The summed E-state index contributed by atoms with van der Waals surface area (Å²) in [6.07, 6.45) is -0.780. The van der Waals surface area contributed by atoms with Crippen LogP contribution in [0.3, 0.4) is 0 Å². The molecule has 1 unspecified atom stereocenters. The van der Waals surface area contributed by atoms with Crippen LogP contribution in [0.1, 0.15) is 26.5 Å². The highest BCUT2D eigenvalue weighted by Gasteiger charge is 2.18. The molecule has 0 aliphatic carbocycles. The van der Waals surface area contributed by atoms with Crippen LogP contribution in [0, 0.1) is 6.92 Å². The van der Waals surface area contributed by atoms with Gasteiger partial charge in [0.15, 0.2) is 6.10 Å². The molecular formula is C23H24O7. The highest BCUT2D eigenvalue weighted by molar-refractivity contribution is 5.80. The summed E-state index contributed by atoms with van der Waals surface area (Å²) in [6.45, 7) is 7.72. The second kappa shape index (κ2) is 9.35. The first-order valence-corrected chi connectivity index (χ1v) is 9.74. The van der Waals surface area contributed by atoms with E-state index >= 15 is 0 Å². The second-order valence-corrected chi connectivity index (χ2v) is 6.49. The maximum Gasteiger partial charge on any atom is 0.347 e. The van der Waals surface area contributed by atoms with E-state index in [2.05, 4.69) is 0 Å². The predicted octanol–water partition coefficient (Wildman–Crippen LogP) is 4.62. The van der Waals surface area contributed by atoms with E-state index in [9.17, 15) is 9.59 Å². The van der Waals surface area contributed by atoms with Crippen LogP contribution in [0.4, 0.5) is 0 Å². The van der Waals surface area contributed by atoms with Crippen LogP contribution in [0.15, 0.2) is 51.7 Å². The summed E-state index contributed by atoms with van der Waals surface area (Å²) >= 11 is 0. The molecule has 0 fully saturated rings. The number of carbonyl (C=O) groups excluding carboxylic acids is 1. The van der Waals surface area contributed by atoms with E-state index < -0.39 is 12.1 Å². The third kappa shape index (κ3) is 4.74. The molecule has 30 heavy (non-hydrogen) atoms. The number of benzene rings is 2. The lowest BCUT2D eigenvalue weighted by molar-refractivity contribution is -0.150. The van der Waals surface area contributed by atoms with Crippen molar-refractivity contribution in [1.29, 1.82) is 0 Å². The minimum absolute atomic E-state index is 0.111. The van der Waals surface area contributed by atoms with Gasteiger partial charge < -0.3 is 23.4 Å². The molecule has 0 N–H and O–H groups in total. The molecule has 0 saturated heterocycles. The molecule has 158 valence electrons. The topological polar surface area (TPSA) is 84.2 Å². The number of ether oxygens (including phenoxy) is 4. The molecule has 0 spiro atoms. The summed E-state index contributed by atoms with van der Waals surface area (Å²) < 4.78 is 27.5. The maximum absolute atomic E-state index is 12.9. The number of esters is 1. The van der Waals surface area contributed by atoms with Gasteiger partial charge in [-0.2, -0.15) is 0 Å². The van der Waals surface area contributed by atoms with Gasteiger partial charge in [-0.25, -0.2) is 4.79 Å². The van der Waals surface area contributed by atoms with Crippen LogP contribution in [0.25, 0.3) is 11.0 Å². The molecule has 0 aliphatic heterocycles. The molecule has 0 radical (unpaired) electrons. The number of fused-ring (bicyclic) bond motifs is 1. The number of rotatable bonds is 8. The summed E-state index contributed by atoms with van der Waals surface area (Å²) in [7, 11) is 0. The Morgan fingerprint density at radius 1 is 1.00 bits per heavy atom. The minimum atomic E-state index is -0.780. The molecule has 0 saturated carbocycles. The van der Waals surface area contributed by atoms with Crippen molar-refractivity contribution in [2.24, 2.45) is 0 Å². The summed E-state index contributed by atoms with van der Waals surface area (Å²) in [6, 6.07) is 11.7. The Balaban J connectivity index is 1.86. The van der Waals surface area contributed by atoms with Gasteiger partial charge in [-0.1, -0.05) is 0 Å². The van der Waals surface area contributed by atoms with Crippen molar-refractivity contribution >= 4 is 16.9 Å². The van der Waals surface area contributed by atoms with Crippen molar-refractivity contribution in [3.05, 3.63) is 58.4 Å². The average molecular weight is 412 g/mol. The van der Waals surface area contributed by atoms with Crippen molar-refractivity contribution in [3.63, 3.8) is 0 Å². The molecule has 7 heteroatoms. The van der Waals surface area contributed by atoms with Crippen molar-refractivity contribution in [3.8, 4) is 23.0 Å². The third-order valence-electron chi connectivity index (χ3n) is 4.27. The zero-order valence-corrected chi connectivity index (χ0v) is 17.4. The summed E-state index contributed by atoms with van der Waals surface area (Å²) in [5.41, 5.74) is 0.0396. The largest absolute Gasteiger partial charge is 0.494 e. The Morgan fingerprint density at radius 2 is 1.67 bits per heavy atom. The smallest absolute Gasteiger partial charge is 0.347 e. The van der Waals surface area contributed by atoms with Gasteiger partial charge in [0.1, 0.15) is 28.6 Å². The van der Waals surface area contributed by atoms with Gasteiger partial charge in [0.2, 0.25) is 11.2 Å². The van der Waals surface area contributed by atoms with Crippen LogP contribution >= 0.6 is 0 Å². The number of aryl methyl sites for hydroxylation is 1. The van der Waals surface area contributed by atoms with E-state index in [0.717, 1.165) is 5.75 Å². The SMILES string of the molecule is CCOC(=O)C(C)Oc1ccc2c(=O)c(Oc3ccc(OCC)cc3)c(C)oc2c1. The van der Waals surface area contributed by atoms with Gasteiger partial charge in [0, 0.05) is 6.07 Å². The molecule has 2 aromatic carbocycles. The first-order valence-electron chi connectivity index (χ1n) is 9.74. The Morgan fingerprint density at radius 3 is 2.33 bits per heavy atom. The number of hydrogen-bond donors (Lipinski definition) is 0. The fraction of sp³-hybridized carbons (Fsp3) is 0.304. The lowest BCUT2D eigenvalue weighted by atomic mass is 10.2. The zero-order chi connectivity index (χ0) is 21.7. The quantitative estimate of drug-likeness (QED) is 0.499. The fourth-order valence-electron chi connectivity index (χ4n) is 2.86. The summed E-state index contributed by atoms with van der Waals surface area (Å²) in [4.78, 5) is 24.7. The van der Waals surface area contributed by atoms with Gasteiger partial charge in [-0.05, 0) is 64.1 Å². The Kier molecular flexibility index (Phi) is 6.61. The molecule has 3 aromatic rings. The summed E-state index contributed by atoms with van der Waals surface area (Å²) in [5.74, 6) is 1.59. The van der Waals surface area contributed by atoms with Gasteiger partial charge in [0.25, 0.3) is 0 Å². The van der Waals surface area contributed by atoms with E-state index in [-0.39, 0.29) is 17.8 Å². The molecule has 3 rings (SSSR count). The average Bonchev–Trinajstić information content (AvgIpc) is 2.72. The summed E-state index contributed by atoms with van der Waals surface area (Å²) in [5, 5.41) is 0.345. The standard InChI is InChI=1S/C23H24O7/c1-5-26-16-7-9-17(10-8-16)30-22-14(3)29-20-13-18(11-12-19(20)21(22)24)28-15(4)23(25)27-6-2/h7-13,15H,5-6H2,1-4H3. The third-order valence-corrected chi connectivity index (χ3v) is 4.27. The van der Waals surface area contributed by atoms with E-state index in [1.54, 1.807) is 63.2 Å². The highest BCUT2D eigenvalue weighted by Crippen LogP contribution is 2.28. The number of hydrogen-bond acceptors (Lipinski definition) is 7. The molecule has 0 amide bonds. The first kappa shape index (κ1) is 21.2. The molecule has 1 heterocycles. The van der Waals surface area contributed by atoms with Crippen LogP contribution in [0.5, 0.6) is 23.0 Å². The minimum Gasteiger partial charge on any atom is -0.494 e. The molecule has 1 atom stereocenters. The Labute approximate surface area is 174 Å². The van der Waals surface area contributed by atoms with Gasteiger partial charge >= 0.3 is 5.97 Å². The van der Waals surface area contributed by atoms with Crippen molar-refractivity contribution in [1.82, 2.24) is 0 Å². The fourth-order valence-corrected chi connectivity index (χ4v) is 2.86. The van der Waals surface area contributed by atoms with Crippen LogP contribution < -0.4 is 19.6 Å². The van der Waals surface area contributed by atoms with Crippen molar-refractivity contribution in [2.75, 3.05) is 13.2 Å². The molecule has 1 aromatic heterocycles. The molecule has 7 nitrogen and oxygen atoms in total. The monoisotopic (exact) mass is 412 g/mol. The van der Waals surface area contributed by atoms with Crippen molar-refractivity contribution in [2.45, 2.75) is 33.8 Å². The zero-order valence-electron chi connectivity index (χ0n) is 17.4. The highest BCUT2D eigenvalue weighted by atomic mass is 16.6. The van der Waals surface area contributed by atoms with Gasteiger partial charge in [-0.15, -0.1) is 0 Å². The lowest BCUT2D eigenvalue weighted by Crippen LogP contribution is -2.26. The first-order chi connectivity index (χ1) is 14.4. The van der Waals surface area contributed by atoms with Crippen LogP contribution in [0.2, 0.25) is 0 Å². The Bertz CT molecular complexity index is 1080. The van der Waals surface area contributed by atoms with E-state index in [4.69, 9.17) is 23.4 Å². The van der Waals surface area contributed by atoms with E-state index in [1.807, 2.05) is 6.92 Å². The lowest BCUT2D eigenvalue weighted by Gasteiger charge is -2.14. The predicted molar refractivity (Wildman–Crippen MR) is 112 cm³/mol. The van der Waals surface area contributed by atoms with Crippen LogP contribution in [-0.4, -0.2) is 25.3 Å². The second-order valence-electron chi connectivity index (χ2n) is 6.49. The van der Waals surface area contributed by atoms with E-state index in [1.165, 1.54) is 0 Å². The normalized spacial score (nSPS) is 11.7. The molecule has 0 bridgehead atoms.